The number of aliphatic imine (C=N–C) groups is 1. The molecule has 3 nitrogen and oxygen atoms in total. The molecule has 4 heteroatoms. The molecule has 0 unspecified atom stereocenters. The monoisotopic (exact) mass is 379 g/mol. The summed E-state index contributed by atoms with van der Waals surface area (Å²) in [6.07, 6.45) is 12.1. The van der Waals surface area contributed by atoms with E-state index < -0.39 is 0 Å². The molecule has 19 heavy (non-hydrogen) atoms. The van der Waals surface area contributed by atoms with Gasteiger partial charge in [0.1, 0.15) is 0 Å². The van der Waals surface area contributed by atoms with E-state index in [1.54, 1.807) is 0 Å². The van der Waals surface area contributed by atoms with Crippen LogP contribution in [0.2, 0.25) is 0 Å². The Morgan fingerprint density at radius 3 is 2.11 bits per heavy atom. The van der Waals surface area contributed by atoms with Gasteiger partial charge in [0.05, 0.1) is 0 Å². The lowest BCUT2D eigenvalue weighted by molar-refractivity contribution is 0.285. The van der Waals surface area contributed by atoms with Gasteiger partial charge in [-0.2, -0.15) is 0 Å². The number of piperidine rings is 1. The molecule has 1 saturated carbocycles. The number of likely N-dealkylation sites (tertiary alicyclic amines) is 1. The lowest BCUT2D eigenvalue weighted by Gasteiger charge is -2.30. The minimum absolute atomic E-state index is 0. The van der Waals surface area contributed by atoms with E-state index in [4.69, 9.17) is 10.7 Å². The van der Waals surface area contributed by atoms with Crippen LogP contribution < -0.4 is 5.73 Å². The third-order valence-corrected chi connectivity index (χ3v) is 4.61. The van der Waals surface area contributed by atoms with Gasteiger partial charge in [-0.15, -0.1) is 24.0 Å². The molecule has 0 amide bonds. The Balaban J connectivity index is 0.00000180. The second-order valence-electron chi connectivity index (χ2n) is 6.45. The van der Waals surface area contributed by atoms with Crippen LogP contribution in [0, 0.1) is 5.41 Å². The Bertz CT molecular complexity index is 277. The molecule has 1 heterocycles. The first-order valence-corrected chi connectivity index (χ1v) is 7.75. The summed E-state index contributed by atoms with van der Waals surface area (Å²) in [5, 5.41) is 0. The van der Waals surface area contributed by atoms with Crippen LogP contribution in [-0.2, 0) is 0 Å². The molecule has 0 aromatic rings. The lowest BCUT2D eigenvalue weighted by Crippen LogP contribution is -2.41. The third kappa shape index (κ3) is 5.48. The van der Waals surface area contributed by atoms with E-state index in [0.717, 1.165) is 25.6 Å². The van der Waals surface area contributed by atoms with E-state index in [-0.39, 0.29) is 24.0 Å². The normalized spacial score (nSPS) is 24.5. The van der Waals surface area contributed by atoms with Crippen LogP contribution in [0.1, 0.15) is 64.7 Å². The highest BCUT2D eigenvalue weighted by atomic mass is 127. The minimum atomic E-state index is 0. The molecular formula is C15H30IN3. The maximum absolute atomic E-state index is 6.14. The summed E-state index contributed by atoms with van der Waals surface area (Å²) in [7, 11) is 0. The van der Waals surface area contributed by atoms with Crippen molar-refractivity contribution >= 4 is 29.9 Å². The van der Waals surface area contributed by atoms with Gasteiger partial charge in [-0.25, -0.2) is 0 Å². The van der Waals surface area contributed by atoms with Gasteiger partial charge in [0.25, 0.3) is 0 Å². The van der Waals surface area contributed by atoms with Crippen molar-refractivity contribution in [2.24, 2.45) is 16.1 Å². The summed E-state index contributed by atoms with van der Waals surface area (Å²) in [5.74, 6) is 0.792. The zero-order valence-corrected chi connectivity index (χ0v) is 14.7. The quantitative estimate of drug-likeness (QED) is 0.344. The highest BCUT2D eigenvalue weighted by molar-refractivity contribution is 14.0. The summed E-state index contributed by atoms with van der Waals surface area (Å²) in [6, 6.07) is 0. The third-order valence-electron chi connectivity index (χ3n) is 4.61. The average Bonchev–Trinajstić information content (AvgIpc) is 2.62. The van der Waals surface area contributed by atoms with Crippen molar-refractivity contribution in [3.63, 3.8) is 0 Å². The number of hydrogen-bond donors (Lipinski definition) is 1. The van der Waals surface area contributed by atoms with Crippen LogP contribution >= 0.6 is 24.0 Å². The molecule has 2 N–H and O–H groups in total. The SMILES string of the molecule is CC1(CN=C(N)N2CCCCC2)CCCCCC1.I. The molecule has 0 aromatic heterocycles. The van der Waals surface area contributed by atoms with Crippen molar-refractivity contribution in [2.45, 2.75) is 64.7 Å². The van der Waals surface area contributed by atoms with Crippen molar-refractivity contribution in [1.29, 1.82) is 0 Å². The molecule has 0 spiro atoms. The molecular weight excluding hydrogens is 349 g/mol. The van der Waals surface area contributed by atoms with Gasteiger partial charge in [0.15, 0.2) is 5.96 Å². The Labute approximate surface area is 135 Å². The predicted octanol–water partition coefficient (Wildman–Crippen LogP) is 3.77. The van der Waals surface area contributed by atoms with E-state index in [0.29, 0.717) is 5.41 Å². The van der Waals surface area contributed by atoms with Crippen LogP contribution in [0.5, 0.6) is 0 Å². The van der Waals surface area contributed by atoms with Crippen LogP contribution in [0.3, 0.4) is 0 Å². The molecule has 1 aliphatic carbocycles. The molecule has 0 aromatic carbocycles. The fraction of sp³-hybridized carbons (Fsp3) is 0.933. The highest BCUT2D eigenvalue weighted by Gasteiger charge is 2.25. The molecule has 2 fully saturated rings. The summed E-state index contributed by atoms with van der Waals surface area (Å²) >= 11 is 0. The molecule has 2 rings (SSSR count). The van der Waals surface area contributed by atoms with Crippen molar-refractivity contribution < 1.29 is 0 Å². The van der Waals surface area contributed by atoms with E-state index in [2.05, 4.69) is 11.8 Å². The maximum Gasteiger partial charge on any atom is 0.191 e. The fourth-order valence-electron chi connectivity index (χ4n) is 3.24. The first kappa shape index (κ1) is 17.1. The van der Waals surface area contributed by atoms with Gasteiger partial charge < -0.3 is 10.6 Å². The molecule has 0 radical (unpaired) electrons. The Morgan fingerprint density at radius 2 is 1.53 bits per heavy atom. The van der Waals surface area contributed by atoms with Crippen LogP contribution in [0.25, 0.3) is 0 Å². The highest BCUT2D eigenvalue weighted by Crippen LogP contribution is 2.34. The molecule has 1 saturated heterocycles. The maximum atomic E-state index is 6.14. The Kier molecular flexibility index (Phi) is 7.47. The fourth-order valence-corrected chi connectivity index (χ4v) is 3.24. The first-order chi connectivity index (χ1) is 8.70. The number of guanidine groups is 1. The smallest absolute Gasteiger partial charge is 0.191 e. The molecule has 0 bridgehead atoms. The van der Waals surface area contributed by atoms with Crippen molar-refractivity contribution in [2.75, 3.05) is 19.6 Å². The van der Waals surface area contributed by atoms with Gasteiger partial charge in [-0.3, -0.25) is 4.99 Å². The summed E-state index contributed by atoms with van der Waals surface area (Å²) in [6.45, 7) is 5.53. The molecule has 2 aliphatic rings. The summed E-state index contributed by atoms with van der Waals surface area (Å²) in [5.41, 5.74) is 6.54. The molecule has 0 atom stereocenters. The van der Waals surface area contributed by atoms with Gasteiger partial charge in [-0.1, -0.05) is 32.6 Å². The predicted molar refractivity (Wildman–Crippen MR) is 93.1 cm³/mol. The van der Waals surface area contributed by atoms with Crippen molar-refractivity contribution in [3.05, 3.63) is 0 Å². The van der Waals surface area contributed by atoms with Gasteiger partial charge in [0.2, 0.25) is 0 Å². The topological polar surface area (TPSA) is 41.6 Å². The largest absolute Gasteiger partial charge is 0.370 e. The van der Waals surface area contributed by atoms with Crippen molar-refractivity contribution in [3.8, 4) is 0 Å². The Hall–Kier alpha value is 0. The van der Waals surface area contributed by atoms with Crippen LogP contribution in [-0.4, -0.2) is 30.5 Å². The lowest BCUT2D eigenvalue weighted by atomic mass is 9.83. The summed E-state index contributed by atoms with van der Waals surface area (Å²) < 4.78 is 0. The van der Waals surface area contributed by atoms with Gasteiger partial charge >= 0.3 is 0 Å². The van der Waals surface area contributed by atoms with Crippen LogP contribution in [0.4, 0.5) is 0 Å². The number of nitrogens with zero attached hydrogens (tertiary/aromatic N) is 2. The number of halogens is 1. The second-order valence-corrected chi connectivity index (χ2v) is 6.45. The number of hydrogen-bond acceptors (Lipinski definition) is 1. The Morgan fingerprint density at radius 1 is 1.00 bits per heavy atom. The summed E-state index contributed by atoms with van der Waals surface area (Å²) in [4.78, 5) is 6.97. The zero-order chi connectivity index (χ0) is 12.8. The van der Waals surface area contributed by atoms with Gasteiger partial charge in [-0.05, 0) is 37.5 Å². The first-order valence-electron chi connectivity index (χ1n) is 7.75. The molecule has 1 aliphatic heterocycles. The second kappa shape index (κ2) is 8.32. The van der Waals surface area contributed by atoms with E-state index in [1.807, 2.05) is 0 Å². The van der Waals surface area contributed by atoms with E-state index >= 15 is 0 Å². The molecule has 112 valence electrons. The van der Waals surface area contributed by atoms with Crippen LogP contribution in [0.15, 0.2) is 4.99 Å². The minimum Gasteiger partial charge on any atom is -0.370 e. The van der Waals surface area contributed by atoms with E-state index in [1.165, 1.54) is 57.8 Å². The number of rotatable bonds is 2. The average molecular weight is 379 g/mol. The number of nitrogens with two attached hydrogens (primary N) is 1. The van der Waals surface area contributed by atoms with E-state index in [9.17, 15) is 0 Å². The standard InChI is InChI=1S/C15H29N3.HI/c1-15(9-5-2-3-6-10-15)13-17-14(16)18-11-7-4-8-12-18;/h2-13H2,1H3,(H2,16,17);1H. The van der Waals surface area contributed by atoms with Gasteiger partial charge in [0, 0.05) is 19.6 Å². The zero-order valence-electron chi connectivity index (χ0n) is 12.4. The van der Waals surface area contributed by atoms with Crippen molar-refractivity contribution in [1.82, 2.24) is 4.90 Å².